The van der Waals surface area contributed by atoms with Gasteiger partial charge in [-0.25, -0.2) is 0 Å². The van der Waals surface area contributed by atoms with E-state index in [-0.39, 0.29) is 0 Å². The van der Waals surface area contributed by atoms with E-state index in [9.17, 15) is 5.21 Å². The minimum Gasteiger partial charge on any atom is -0.409 e. The van der Waals surface area contributed by atoms with Gasteiger partial charge < -0.3 is 5.21 Å². The van der Waals surface area contributed by atoms with Crippen LogP contribution in [0.25, 0.3) is 11.0 Å². The van der Waals surface area contributed by atoms with Gasteiger partial charge in [0.1, 0.15) is 5.52 Å². The molecule has 1 aromatic heterocycles. The van der Waals surface area contributed by atoms with Crippen LogP contribution in [-0.2, 0) is 0 Å². The number of rotatable bonds is 1. The van der Waals surface area contributed by atoms with Crippen LogP contribution in [0.4, 0.5) is 0 Å². The Morgan fingerprint density at radius 2 is 1.95 bits per heavy atom. The molecule has 0 radical (unpaired) electrons. The van der Waals surface area contributed by atoms with Gasteiger partial charge in [0.05, 0.1) is 5.52 Å². The predicted octanol–water partition coefficient (Wildman–Crippen LogP) is 2.77. The van der Waals surface area contributed by atoms with E-state index in [1.807, 2.05) is 30.3 Å². The fourth-order valence-corrected chi connectivity index (χ4v) is 2.03. The molecule has 19 heavy (non-hydrogen) atoms. The van der Waals surface area contributed by atoms with E-state index in [0.29, 0.717) is 16.4 Å². The third-order valence-corrected chi connectivity index (χ3v) is 2.97. The molecule has 0 aliphatic rings. The minimum absolute atomic E-state index is 0.311. The first-order valence-electron chi connectivity index (χ1n) is 5.58. The fourth-order valence-electron chi connectivity index (χ4n) is 1.86. The summed E-state index contributed by atoms with van der Waals surface area (Å²) in [5.74, 6) is 0.311. The Morgan fingerprint density at radius 1 is 1.16 bits per heavy atom. The van der Waals surface area contributed by atoms with Crippen LogP contribution in [0.1, 0.15) is 5.56 Å². The summed E-state index contributed by atoms with van der Waals surface area (Å²) in [6, 6.07) is 14.5. The molecule has 2 aromatic carbocycles. The van der Waals surface area contributed by atoms with E-state index in [4.69, 9.17) is 11.6 Å². The number of oxime groups is 1. The maximum atomic E-state index is 9.24. The lowest BCUT2D eigenvalue weighted by Gasteiger charge is -2.04. The molecule has 0 saturated carbocycles. The summed E-state index contributed by atoms with van der Waals surface area (Å²) in [5, 5.41) is 21.2. The largest absolute Gasteiger partial charge is 0.409 e. The monoisotopic (exact) mass is 272 g/mol. The van der Waals surface area contributed by atoms with Gasteiger partial charge in [0, 0.05) is 10.6 Å². The zero-order valence-electron chi connectivity index (χ0n) is 9.73. The van der Waals surface area contributed by atoms with Crippen LogP contribution in [0.5, 0.6) is 0 Å². The molecule has 0 aliphatic carbocycles. The summed E-state index contributed by atoms with van der Waals surface area (Å²) in [6.45, 7) is 0. The van der Waals surface area contributed by atoms with Crippen LogP contribution in [0.3, 0.4) is 0 Å². The van der Waals surface area contributed by atoms with Crippen LogP contribution in [-0.4, -0.2) is 26.0 Å². The average Bonchev–Trinajstić information content (AvgIpc) is 2.84. The highest BCUT2D eigenvalue weighted by atomic mass is 35.5. The minimum atomic E-state index is 0.311. The highest BCUT2D eigenvalue weighted by molar-refractivity contribution is 6.31. The lowest BCUT2D eigenvalue weighted by Crippen LogP contribution is -2.15. The summed E-state index contributed by atoms with van der Waals surface area (Å²) >= 11 is 5.90. The third-order valence-electron chi connectivity index (χ3n) is 2.73. The summed E-state index contributed by atoms with van der Waals surface area (Å²) in [6.07, 6.45) is 0. The van der Waals surface area contributed by atoms with E-state index in [1.165, 1.54) is 4.68 Å². The fraction of sp³-hybridized carbons (Fsp3) is 0. The molecule has 3 aromatic rings. The number of fused-ring (bicyclic) bond motifs is 1. The maximum absolute atomic E-state index is 9.24. The van der Waals surface area contributed by atoms with Gasteiger partial charge in [-0.3, -0.25) is 0 Å². The summed E-state index contributed by atoms with van der Waals surface area (Å²) in [4.78, 5) is 0. The number of aromatic nitrogens is 3. The van der Waals surface area contributed by atoms with Gasteiger partial charge in [0.2, 0.25) is 5.84 Å². The van der Waals surface area contributed by atoms with Gasteiger partial charge in [-0.15, -0.1) is 5.10 Å². The van der Waals surface area contributed by atoms with Crippen LogP contribution >= 0.6 is 11.6 Å². The second-order valence-electron chi connectivity index (χ2n) is 3.92. The molecule has 0 aliphatic heterocycles. The number of hydrogen-bond acceptors (Lipinski definition) is 4. The van der Waals surface area contributed by atoms with Crippen molar-refractivity contribution < 1.29 is 5.21 Å². The van der Waals surface area contributed by atoms with Crippen molar-refractivity contribution in [2.24, 2.45) is 5.16 Å². The smallest absolute Gasteiger partial charge is 0.201 e. The molecule has 0 atom stereocenters. The summed E-state index contributed by atoms with van der Waals surface area (Å²) in [7, 11) is 0. The Bertz CT molecular complexity index is 752. The van der Waals surface area contributed by atoms with Crippen molar-refractivity contribution in [1.82, 2.24) is 15.0 Å². The highest BCUT2D eigenvalue weighted by Gasteiger charge is 2.12. The molecule has 1 heterocycles. The molecule has 0 bridgehead atoms. The van der Waals surface area contributed by atoms with E-state index in [2.05, 4.69) is 15.5 Å². The van der Waals surface area contributed by atoms with Gasteiger partial charge in [-0.1, -0.05) is 52.3 Å². The maximum Gasteiger partial charge on any atom is 0.201 e. The van der Waals surface area contributed by atoms with Crippen LogP contribution in [0, 0.1) is 0 Å². The van der Waals surface area contributed by atoms with Crippen molar-refractivity contribution in [3.8, 4) is 0 Å². The zero-order valence-corrected chi connectivity index (χ0v) is 10.5. The normalized spacial score (nSPS) is 11.9. The number of hydrogen-bond donors (Lipinski definition) is 1. The highest BCUT2D eigenvalue weighted by Crippen LogP contribution is 2.18. The van der Waals surface area contributed by atoms with Crippen molar-refractivity contribution in [3.63, 3.8) is 0 Å². The first-order chi connectivity index (χ1) is 9.29. The molecule has 0 amide bonds. The molecular weight excluding hydrogens is 264 g/mol. The van der Waals surface area contributed by atoms with Gasteiger partial charge in [-0.2, -0.15) is 4.68 Å². The Morgan fingerprint density at radius 3 is 2.68 bits per heavy atom. The summed E-state index contributed by atoms with van der Waals surface area (Å²) < 4.78 is 1.47. The molecule has 0 fully saturated rings. The Kier molecular flexibility index (Phi) is 2.89. The van der Waals surface area contributed by atoms with Gasteiger partial charge in [0.25, 0.3) is 0 Å². The summed E-state index contributed by atoms with van der Waals surface area (Å²) in [5.41, 5.74) is 2.11. The van der Waals surface area contributed by atoms with Crippen molar-refractivity contribution in [2.45, 2.75) is 0 Å². The molecule has 5 nitrogen and oxygen atoms in total. The standard InChI is InChI=1S/C13H9ClN4O/c14-10-6-7-12-11(8-10)15-17-18(12)13(16-19)9-4-2-1-3-5-9/h1-8,19H/b16-13-. The van der Waals surface area contributed by atoms with Crippen LogP contribution in [0.15, 0.2) is 53.7 Å². The number of benzene rings is 2. The quantitative estimate of drug-likeness (QED) is 0.321. The van der Waals surface area contributed by atoms with Crippen molar-refractivity contribution in [1.29, 1.82) is 0 Å². The second-order valence-corrected chi connectivity index (χ2v) is 4.36. The molecule has 0 unspecified atom stereocenters. The van der Waals surface area contributed by atoms with Crippen LogP contribution < -0.4 is 0 Å². The SMILES string of the molecule is O/N=C(/c1ccccc1)n1nnc2cc(Cl)ccc21. The van der Waals surface area contributed by atoms with Crippen LogP contribution in [0.2, 0.25) is 5.02 Å². The van der Waals surface area contributed by atoms with E-state index in [1.54, 1.807) is 18.2 Å². The van der Waals surface area contributed by atoms with Crippen molar-refractivity contribution in [2.75, 3.05) is 0 Å². The molecule has 94 valence electrons. The number of nitrogens with zero attached hydrogens (tertiary/aromatic N) is 4. The van der Waals surface area contributed by atoms with Gasteiger partial charge in [-0.05, 0) is 18.2 Å². The molecule has 1 N–H and O–H groups in total. The number of halogens is 1. The van der Waals surface area contributed by atoms with Gasteiger partial charge in [0.15, 0.2) is 0 Å². The first-order valence-corrected chi connectivity index (χ1v) is 5.96. The first kappa shape index (κ1) is 11.7. The zero-order chi connectivity index (χ0) is 13.2. The lowest BCUT2D eigenvalue weighted by atomic mass is 10.2. The molecular formula is C13H9ClN4O. The van der Waals surface area contributed by atoms with E-state index < -0.39 is 0 Å². The molecule has 6 heteroatoms. The van der Waals surface area contributed by atoms with Gasteiger partial charge >= 0.3 is 0 Å². The topological polar surface area (TPSA) is 63.3 Å². The third kappa shape index (κ3) is 2.04. The average molecular weight is 273 g/mol. The van der Waals surface area contributed by atoms with E-state index >= 15 is 0 Å². The van der Waals surface area contributed by atoms with E-state index in [0.717, 1.165) is 11.1 Å². The Hall–Kier alpha value is -2.40. The lowest BCUT2D eigenvalue weighted by molar-refractivity contribution is 0.316. The molecule has 0 spiro atoms. The van der Waals surface area contributed by atoms with Crippen molar-refractivity contribution in [3.05, 3.63) is 59.1 Å². The molecule has 0 saturated heterocycles. The Labute approximate surface area is 113 Å². The Balaban J connectivity index is 2.18. The van der Waals surface area contributed by atoms with Crippen molar-refractivity contribution >= 4 is 28.5 Å². The second kappa shape index (κ2) is 4.70. The molecule has 3 rings (SSSR count). The predicted molar refractivity (Wildman–Crippen MR) is 72.7 cm³/mol.